The summed E-state index contributed by atoms with van der Waals surface area (Å²) in [7, 11) is 0. The third-order valence-corrected chi connectivity index (χ3v) is 9.15. The molecule has 0 bridgehead atoms. The molecule has 10 nitrogen and oxygen atoms in total. The molecule has 6 rings (SSSR count). The summed E-state index contributed by atoms with van der Waals surface area (Å²) >= 11 is 0. The molecule has 0 spiro atoms. The van der Waals surface area contributed by atoms with Gasteiger partial charge in [-0.05, 0) is 66.9 Å². The van der Waals surface area contributed by atoms with Gasteiger partial charge in [0.25, 0.3) is 0 Å². The molecular weight excluding hydrogens is 825 g/mol. The van der Waals surface area contributed by atoms with E-state index in [9.17, 15) is 14.4 Å². The summed E-state index contributed by atoms with van der Waals surface area (Å²) in [5, 5.41) is 0. The van der Waals surface area contributed by atoms with E-state index in [1.807, 2.05) is 131 Å². The Bertz CT molecular complexity index is 1760. The number of carbonyl (C=O) groups is 3. The SMILES string of the molecule is CC(C)C(=O)OC(c1ccccc1)c1ccccn1.CC(C)C(=O)OC(c1ccccn1)C1CCCCC1.CC(C)C(=O)OC(c1ccccn1)c1ccccn1.CCC.CCC.CCC. The second kappa shape index (κ2) is 35.5. The van der Waals surface area contributed by atoms with Crippen molar-refractivity contribution in [2.75, 3.05) is 0 Å². The molecule has 4 aromatic heterocycles. The maximum absolute atomic E-state index is 11.9. The summed E-state index contributed by atoms with van der Waals surface area (Å²) < 4.78 is 16.8. The van der Waals surface area contributed by atoms with E-state index in [2.05, 4.69) is 61.5 Å². The summed E-state index contributed by atoms with van der Waals surface area (Å²) in [6.45, 7) is 23.7. The van der Waals surface area contributed by atoms with Crippen LogP contribution in [0.1, 0.15) is 181 Å². The minimum atomic E-state index is -0.558. The van der Waals surface area contributed by atoms with Crippen LogP contribution in [0.5, 0.6) is 0 Å². The summed E-state index contributed by atoms with van der Waals surface area (Å²) in [4.78, 5) is 52.8. The lowest BCUT2D eigenvalue weighted by Crippen LogP contribution is -2.24. The maximum Gasteiger partial charge on any atom is 0.309 e. The van der Waals surface area contributed by atoms with Gasteiger partial charge in [0.15, 0.2) is 12.2 Å². The van der Waals surface area contributed by atoms with Crippen LogP contribution in [0.4, 0.5) is 0 Å². The minimum absolute atomic E-state index is 0.0881. The average molecular weight is 905 g/mol. The van der Waals surface area contributed by atoms with Gasteiger partial charge in [-0.1, -0.05) is 176 Å². The van der Waals surface area contributed by atoms with Crippen molar-refractivity contribution in [3.8, 4) is 0 Å². The Morgan fingerprint density at radius 3 is 1.11 bits per heavy atom. The van der Waals surface area contributed by atoms with Crippen LogP contribution in [0.2, 0.25) is 0 Å². The monoisotopic (exact) mass is 905 g/mol. The number of aromatic nitrogens is 4. The maximum atomic E-state index is 11.9. The first kappa shape index (κ1) is 58.2. The van der Waals surface area contributed by atoms with Crippen molar-refractivity contribution in [1.82, 2.24) is 19.9 Å². The number of ether oxygens (including phenoxy) is 3. The highest BCUT2D eigenvalue weighted by Crippen LogP contribution is 2.36. The standard InChI is InChI=1S/C16H23NO2.C16H17NO2.C15H16N2O2.3C3H8/c2*1-12(2)16(18)19-15(13-8-4-3-5-9-13)14-10-6-7-11-17-14;1-11(2)15(18)19-14(12-7-3-5-9-16-12)13-8-4-6-10-17-13;3*1-3-2/h6-7,10-13,15H,3-5,8-9H2,1-2H3;3-12,15H,1-2H3;3-11,14H,1-2H3;3*3H2,1-2H3. The number of esters is 3. The molecule has 1 aliphatic carbocycles. The number of hydrogen-bond donors (Lipinski definition) is 0. The fourth-order valence-corrected chi connectivity index (χ4v) is 5.94. The molecule has 4 heterocycles. The molecule has 1 saturated carbocycles. The van der Waals surface area contributed by atoms with Gasteiger partial charge >= 0.3 is 17.9 Å². The molecule has 2 atom stereocenters. The van der Waals surface area contributed by atoms with Gasteiger partial charge in [-0.25, -0.2) is 0 Å². The lowest BCUT2D eigenvalue weighted by atomic mass is 9.84. The molecule has 5 aromatic rings. The topological polar surface area (TPSA) is 130 Å². The number of benzene rings is 1. The zero-order chi connectivity index (χ0) is 49.1. The fraction of sp³-hybridized carbons (Fsp3) is 0.482. The Morgan fingerprint density at radius 2 is 0.758 bits per heavy atom. The van der Waals surface area contributed by atoms with Crippen molar-refractivity contribution < 1.29 is 28.6 Å². The molecule has 1 fully saturated rings. The lowest BCUT2D eigenvalue weighted by molar-refractivity contribution is -0.157. The molecule has 360 valence electrons. The van der Waals surface area contributed by atoms with Crippen molar-refractivity contribution in [2.45, 2.75) is 153 Å². The third kappa shape index (κ3) is 23.4. The Morgan fingerprint density at radius 1 is 0.439 bits per heavy atom. The number of nitrogens with zero attached hydrogens (tertiary/aromatic N) is 4. The molecule has 1 aliphatic rings. The molecule has 66 heavy (non-hydrogen) atoms. The van der Waals surface area contributed by atoms with Crippen molar-refractivity contribution in [1.29, 1.82) is 0 Å². The van der Waals surface area contributed by atoms with E-state index in [1.165, 1.54) is 38.5 Å². The second-order valence-corrected chi connectivity index (χ2v) is 16.9. The average Bonchev–Trinajstić information content (AvgIpc) is 3.34. The van der Waals surface area contributed by atoms with Crippen LogP contribution in [-0.4, -0.2) is 37.8 Å². The van der Waals surface area contributed by atoms with Gasteiger partial charge in [0.1, 0.15) is 6.10 Å². The van der Waals surface area contributed by atoms with Crippen LogP contribution in [0.3, 0.4) is 0 Å². The summed E-state index contributed by atoms with van der Waals surface area (Å²) in [6, 6.07) is 32.1. The van der Waals surface area contributed by atoms with Gasteiger partial charge < -0.3 is 14.2 Å². The Balaban J connectivity index is 0.000000453. The summed E-state index contributed by atoms with van der Waals surface area (Å²) in [6.07, 6.45) is 15.4. The van der Waals surface area contributed by atoms with E-state index in [4.69, 9.17) is 14.2 Å². The zero-order valence-corrected chi connectivity index (χ0v) is 42.1. The summed E-state index contributed by atoms with van der Waals surface area (Å²) in [5.74, 6) is -0.618. The molecular formula is C56H80N4O6. The van der Waals surface area contributed by atoms with Gasteiger partial charge in [-0.3, -0.25) is 34.3 Å². The Labute approximate surface area is 397 Å². The predicted octanol–water partition coefficient (Wildman–Crippen LogP) is 14.3. The second-order valence-electron chi connectivity index (χ2n) is 16.9. The molecule has 2 unspecified atom stereocenters. The van der Waals surface area contributed by atoms with Crippen LogP contribution in [0.15, 0.2) is 128 Å². The largest absolute Gasteiger partial charge is 0.455 e. The van der Waals surface area contributed by atoms with Gasteiger partial charge in [0, 0.05) is 30.7 Å². The fourth-order valence-electron chi connectivity index (χ4n) is 5.94. The highest BCUT2D eigenvalue weighted by Gasteiger charge is 2.30. The quantitative estimate of drug-likeness (QED) is 0.0881. The molecule has 0 amide bonds. The Hall–Kier alpha value is -5.77. The highest BCUT2D eigenvalue weighted by molar-refractivity contribution is 5.73. The van der Waals surface area contributed by atoms with Gasteiger partial charge in [0.05, 0.1) is 40.5 Å². The van der Waals surface area contributed by atoms with E-state index in [-0.39, 0.29) is 41.8 Å². The van der Waals surface area contributed by atoms with Gasteiger partial charge in [-0.2, -0.15) is 0 Å². The van der Waals surface area contributed by atoms with E-state index in [0.29, 0.717) is 17.3 Å². The first-order valence-corrected chi connectivity index (χ1v) is 24.1. The van der Waals surface area contributed by atoms with Crippen molar-refractivity contribution in [2.24, 2.45) is 23.7 Å². The number of rotatable bonds is 12. The van der Waals surface area contributed by atoms with Crippen molar-refractivity contribution >= 4 is 17.9 Å². The first-order valence-electron chi connectivity index (χ1n) is 24.1. The van der Waals surface area contributed by atoms with Crippen molar-refractivity contribution in [3.63, 3.8) is 0 Å². The molecule has 0 aliphatic heterocycles. The van der Waals surface area contributed by atoms with Crippen LogP contribution in [0, 0.1) is 23.7 Å². The van der Waals surface area contributed by atoms with Crippen molar-refractivity contribution in [3.05, 3.63) is 156 Å². The van der Waals surface area contributed by atoms with Crippen LogP contribution in [-0.2, 0) is 28.6 Å². The van der Waals surface area contributed by atoms with E-state index < -0.39 is 12.2 Å². The molecule has 0 N–H and O–H groups in total. The number of carbonyl (C=O) groups excluding carboxylic acids is 3. The first-order chi connectivity index (χ1) is 31.8. The van der Waals surface area contributed by atoms with Gasteiger partial charge in [0.2, 0.25) is 0 Å². The van der Waals surface area contributed by atoms with Crippen LogP contribution < -0.4 is 0 Å². The molecule has 0 saturated heterocycles. The van der Waals surface area contributed by atoms with E-state index in [1.54, 1.807) is 38.6 Å². The smallest absolute Gasteiger partial charge is 0.309 e. The predicted molar refractivity (Wildman–Crippen MR) is 267 cm³/mol. The van der Waals surface area contributed by atoms with Crippen LogP contribution >= 0.6 is 0 Å². The summed E-state index contributed by atoms with van der Waals surface area (Å²) in [5.41, 5.74) is 3.91. The molecule has 1 aromatic carbocycles. The normalized spacial score (nSPS) is 12.7. The Kier molecular flexibility index (Phi) is 31.3. The van der Waals surface area contributed by atoms with Crippen LogP contribution in [0.25, 0.3) is 0 Å². The number of hydrogen-bond acceptors (Lipinski definition) is 10. The molecule has 10 heteroatoms. The van der Waals surface area contributed by atoms with Gasteiger partial charge in [-0.15, -0.1) is 0 Å². The highest BCUT2D eigenvalue weighted by atomic mass is 16.6. The molecule has 0 radical (unpaired) electrons. The lowest BCUT2D eigenvalue weighted by Gasteiger charge is -2.30. The van der Waals surface area contributed by atoms with E-state index >= 15 is 0 Å². The minimum Gasteiger partial charge on any atom is -0.455 e. The zero-order valence-electron chi connectivity index (χ0n) is 42.1. The van der Waals surface area contributed by atoms with E-state index in [0.717, 1.165) is 29.8 Å². The third-order valence-electron chi connectivity index (χ3n) is 9.15. The number of pyridine rings is 4.